The summed E-state index contributed by atoms with van der Waals surface area (Å²) in [6.45, 7) is 0. The molecule has 3 heterocycles. The standard InChI is InChI=1S/C16H12ClN5O2S/c1-22-15(12-6-3-7-23-12)19-20-16(22)25-9-13-18-14(21-24-13)10-4-2-5-11(17)8-10/h2-8H,9H2,1H3. The molecule has 4 rings (SSSR count). The Bertz CT molecular complexity index is 996. The Morgan fingerprint density at radius 3 is 2.92 bits per heavy atom. The molecule has 0 bridgehead atoms. The first-order valence-electron chi connectivity index (χ1n) is 7.35. The van der Waals surface area contributed by atoms with E-state index in [0.717, 1.165) is 10.7 Å². The van der Waals surface area contributed by atoms with Gasteiger partial charge in [-0.15, -0.1) is 10.2 Å². The molecule has 3 aromatic heterocycles. The van der Waals surface area contributed by atoms with Crippen molar-refractivity contribution in [1.29, 1.82) is 0 Å². The van der Waals surface area contributed by atoms with E-state index in [1.54, 1.807) is 18.4 Å². The second-order valence-corrected chi connectivity index (χ2v) is 6.53. The molecule has 0 atom stereocenters. The van der Waals surface area contributed by atoms with Crippen LogP contribution in [0.15, 0.2) is 56.8 Å². The lowest BCUT2D eigenvalue weighted by molar-refractivity contribution is 0.391. The topological polar surface area (TPSA) is 82.8 Å². The fourth-order valence-electron chi connectivity index (χ4n) is 2.25. The van der Waals surface area contributed by atoms with Crippen molar-refractivity contribution in [2.45, 2.75) is 10.9 Å². The van der Waals surface area contributed by atoms with Gasteiger partial charge in [0.15, 0.2) is 16.7 Å². The Labute approximate surface area is 152 Å². The summed E-state index contributed by atoms with van der Waals surface area (Å²) in [6.07, 6.45) is 1.60. The summed E-state index contributed by atoms with van der Waals surface area (Å²) in [5.41, 5.74) is 0.811. The molecule has 0 radical (unpaired) electrons. The van der Waals surface area contributed by atoms with Gasteiger partial charge >= 0.3 is 0 Å². The molecule has 0 spiro atoms. The first-order valence-corrected chi connectivity index (χ1v) is 8.71. The van der Waals surface area contributed by atoms with Crippen LogP contribution >= 0.6 is 23.4 Å². The average Bonchev–Trinajstić information content (AvgIpc) is 3.34. The van der Waals surface area contributed by atoms with E-state index in [9.17, 15) is 0 Å². The first-order chi connectivity index (χ1) is 12.2. The molecule has 7 nitrogen and oxygen atoms in total. The van der Waals surface area contributed by atoms with Crippen LogP contribution in [-0.2, 0) is 12.8 Å². The number of halogens is 1. The van der Waals surface area contributed by atoms with Gasteiger partial charge in [-0.25, -0.2) is 0 Å². The number of furan rings is 1. The van der Waals surface area contributed by atoms with E-state index >= 15 is 0 Å². The minimum atomic E-state index is 0.484. The third-order valence-corrected chi connectivity index (χ3v) is 4.69. The van der Waals surface area contributed by atoms with E-state index < -0.39 is 0 Å². The SMILES string of the molecule is Cn1c(SCc2nc(-c3cccc(Cl)c3)no2)nnc1-c1ccco1. The van der Waals surface area contributed by atoms with Crippen molar-refractivity contribution in [3.05, 3.63) is 53.6 Å². The lowest BCUT2D eigenvalue weighted by Gasteiger charge is -2.00. The average molecular weight is 374 g/mol. The fraction of sp³-hybridized carbons (Fsp3) is 0.125. The molecule has 0 amide bonds. The number of rotatable bonds is 5. The molecule has 0 N–H and O–H groups in total. The van der Waals surface area contributed by atoms with Crippen LogP contribution in [0, 0.1) is 0 Å². The highest BCUT2D eigenvalue weighted by molar-refractivity contribution is 7.98. The van der Waals surface area contributed by atoms with Gasteiger partial charge in [-0.1, -0.05) is 40.7 Å². The third kappa shape index (κ3) is 3.31. The molecule has 0 saturated heterocycles. The smallest absolute Gasteiger partial charge is 0.237 e. The van der Waals surface area contributed by atoms with Gasteiger partial charge in [-0.3, -0.25) is 0 Å². The molecule has 9 heteroatoms. The molecule has 0 aliphatic carbocycles. The van der Waals surface area contributed by atoms with Crippen molar-refractivity contribution in [1.82, 2.24) is 24.9 Å². The lowest BCUT2D eigenvalue weighted by atomic mass is 10.2. The fourth-order valence-corrected chi connectivity index (χ4v) is 3.18. The number of nitrogens with zero attached hydrogens (tertiary/aromatic N) is 5. The molecule has 126 valence electrons. The van der Waals surface area contributed by atoms with Gasteiger partial charge in [0.25, 0.3) is 0 Å². The molecule has 1 aromatic carbocycles. The molecule has 0 aliphatic heterocycles. The van der Waals surface area contributed by atoms with Crippen LogP contribution in [0.3, 0.4) is 0 Å². The van der Waals surface area contributed by atoms with E-state index in [0.29, 0.717) is 34.1 Å². The Morgan fingerprint density at radius 2 is 2.12 bits per heavy atom. The van der Waals surface area contributed by atoms with Gasteiger partial charge in [0, 0.05) is 17.6 Å². The molecule has 4 aromatic rings. The van der Waals surface area contributed by atoms with Crippen LogP contribution in [-0.4, -0.2) is 24.9 Å². The van der Waals surface area contributed by atoms with E-state index in [4.69, 9.17) is 20.5 Å². The second-order valence-electron chi connectivity index (χ2n) is 5.15. The Kier molecular flexibility index (Phi) is 4.29. The predicted molar refractivity (Wildman–Crippen MR) is 93.0 cm³/mol. The van der Waals surface area contributed by atoms with E-state index in [2.05, 4.69) is 20.3 Å². The number of aromatic nitrogens is 5. The van der Waals surface area contributed by atoms with E-state index in [-0.39, 0.29) is 0 Å². The summed E-state index contributed by atoms with van der Waals surface area (Å²) in [7, 11) is 1.88. The third-order valence-electron chi connectivity index (χ3n) is 3.45. The molecule has 0 fully saturated rings. The van der Waals surface area contributed by atoms with Crippen LogP contribution in [0.4, 0.5) is 0 Å². The van der Waals surface area contributed by atoms with Crippen LogP contribution in [0.2, 0.25) is 5.02 Å². The summed E-state index contributed by atoms with van der Waals surface area (Å²) in [5.74, 6) is 2.83. The van der Waals surface area contributed by atoms with Crippen LogP contribution in [0.1, 0.15) is 5.89 Å². The van der Waals surface area contributed by atoms with Gasteiger partial charge in [-0.2, -0.15) is 4.98 Å². The highest BCUT2D eigenvalue weighted by Crippen LogP contribution is 2.26. The maximum absolute atomic E-state index is 5.99. The van der Waals surface area contributed by atoms with Gasteiger partial charge in [0.1, 0.15) is 0 Å². The summed E-state index contributed by atoms with van der Waals surface area (Å²) >= 11 is 7.44. The zero-order valence-corrected chi connectivity index (χ0v) is 14.7. The van der Waals surface area contributed by atoms with Crippen LogP contribution in [0.25, 0.3) is 23.0 Å². The largest absolute Gasteiger partial charge is 0.461 e. The molecule has 25 heavy (non-hydrogen) atoms. The van der Waals surface area contributed by atoms with Crippen LogP contribution in [0.5, 0.6) is 0 Å². The highest BCUT2D eigenvalue weighted by atomic mass is 35.5. The summed E-state index contributed by atoms with van der Waals surface area (Å²) in [4.78, 5) is 4.39. The van der Waals surface area contributed by atoms with Gasteiger partial charge in [0.2, 0.25) is 11.7 Å². The van der Waals surface area contributed by atoms with Gasteiger partial charge in [-0.05, 0) is 24.3 Å². The molecular formula is C16H12ClN5O2S. The Hall–Kier alpha value is -2.58. The number of benzene rings is 1. The summed E-state index contributed by atoms with van der Waals surface area (Å²) in [5, 5.41) is 13.7. The minimum absolute atomic E-state index is 0.484. The van der Waals surface area contributed by atoms with Gasteiger partial charge < -0.3 is 13.5 Å². The Balaban J connectivity index is 1.48. The second kappa shape index (κ2) is 6.73. The van der Waals surface area contributed by atoms with Gasteiger partial charge in [0.05, 0.1) is 12.0 Å². The quantitative estimate of drug-likeness (QED) is 0.487. The zero-order valence-electron chi connectivity index (χ0n) is 13.1. The normalized spacial score (nSPS) is 11.1. The lowest BCUT2D eigenvalue weighted by Crippen LogP contribution is -1.94. The number of thioether (sulfide) groups is 1. The molecular weight excluding hydrogens is 362 g/mol. The highest BCUT2D eigenvalue weighted by Gasteiger charge is 2.15. The zero-order chi connectivity index (χ0) is 17.2. The van der Waals surface area contributed by atoms with Crippen molar-refractivity contribution < 1.29 is 8.94 Å². The van der Waals surface area contributed by atoms with Crippen molar-refractivity contribution in [2.75, 3.05) is 0 Å². The summed E-state index contributed by atoms with van der Waals surface area (Å²) in [6, 6.07) is 11.0. The van der Waals surface area contributed by atoms with Crippen molar-refractivity contribution in [2.24, 2.45) is 7.05 Å². The number of hydrogen-bond acceptors (Lipinski definition) is 7. The minimum Gasteiger partial charge on any atom is -0.461 e. The number of hydrogen-bond donors (Lipinski definition) is 0. The maximum Gasteiger partial charge on any atom is 0.237 e. The van der Waals surface area contributed by atoms with Crippen LogP contribution < -0.4 is 0 Å². The van der Waals surface area contributed by atoms with E-state index in [1.165, 1.54) is 11.8 Å². The monoisotopic (exact) mass is 373 g/mol. The van der Waals surface area contributed by atoms with Crippen molar-refractivity contribution in [3.63, 3.8) is 0 Å². The first kappa shape index (κ1) is 15.9. The van der Waals surface area contributed by atoms with E-state index in [1.807, 2.05) is 35.9 Å². The maximum atomic E-state index is 5.99. The molecule has 0 aliphatic rings. The Morgan fingerprint density at radius 1 is 1.20 bits per heavy atom. The predicted octanol–water partition coefficient (Wildman–Crippen LogP) is 4.07. The van der Waals surface area contributed by atoms with Crippen molar-refractivity contribution >= 4 is 23.4 Å². The molecule has 0 saturated carbocycles. The molecule has 0 unspecified atom stereocenters. The van der Waals surface area contributed by atoms with Crippen molar-refractivity contribution in [3.8, 4) is 23.0 Å². The summed E-state index contributed by atoms with van der Waals surface area (Å²) < 4.78 is 12.5.